The summed E-state index contributed by atoms with van der Waals surface area (Å²) in [6, 6.07) is 3.35. The third-order valence-corrected chi connectivity index (χ3v) is 7.99. The maximum absolute atomic E-state index is 13.1. The van der Waals surface area contributed by atoms with Gasteiger partial charge >= 0.3 is 6.18 Å². The normalized spacial score (nSPS) is 20.3. The highest BCUT2D eigenvalue weighted by atomic mass is 35.5. The lowest BCUT2D eigenvalue weighted by molar-refractivity contribution is -0.159. The van der Waals surface area contributed by atoms with Gasteiger partial charge in [0.25, 0.3) is 17.3 Å². The van der Waals surface area contributed by atoms with E-state index in [0.717, 1.165) is 10.6 Å². The second-order valence-corrected chi connectivity index (χ2v) is 10.8. The average Bonchev–Trinajstić information content (AvgIpc) is 3.19. The first-order valence-electron chi connectivity index (χ1n) is 11.9. The highest BCUT2D eigenvalue weighted by molar-refractivity contribution is 7.98. The summed E-state index contributed by atoms with van der Waals surface area (Å²) >= 11 is 7.91. The fraction of sp³-hybridized carbons (Fsp3) is 0.520. The Labute approximate surface area is 222 Å². The molecule has 0 radical (unpaired) electrons. The van der Waals surface area contributed by atoms with Gasteiger partial charge in [-0.2, -0.15) is 13.2 Å². The number of aromatic nitrogens is 1. The van der Waals surface area contributed by atoms with Crippen molar-refractivity contribution in [2.45, 2.75) is 57.0 Å². The number of H-pyrrole nitrogens is 1. The summed E-state index contributed by atoms with van der Waals surface area (Å²) in [7, 11) is 0. The average molecular weight is 560 g/mol. The van der Waals surface area contributed by atoms with Gasteiger partial charge in [0.1, 0.15) is 0 Å². The number of likely N-dealkylation sites (tertiary alicyclic amines) is 1. The summed E-state index contributed by atoms with van der Waals surface area (Å²) in [6.07, 6.45) is -1.45. The third-order valence-electron chi connectivity index (χ3n) is 6.90. The Bertz CT molecular complexity index is 1260. The first-order valence-corrected chi connectivity index (χ1v) is 13.5. The SMILES string of the molecule is CSc1cc(C)[nH]c(=O)c1CNC(=O)c1cc(Cl)c2c(c1C)OC(C)(C1CCN(CC(F)(F)F)CC1)O2. The molecule has 1 atom stereocenters. The van der Waals surface area contributed by atoms with Gasteiger partial charge in [0.15, 0.2) is 11.5 Å². The van der Waals surface area contributed by atoms with E-state index in [2.05, 4.69) is 10.3 Å². The van der Waals surface area contributed by atoms with E-state index >= 15 is 0 Å². The lowest BCUT2D eigenvalue weighted by Gasteiger charge is -2.38. The maximum Gasteiger partial charge on any atom is 0.401 e. The minimum atomic E-state index is -4.24. The summed E-state index contributed by atoms with van der Waals surface area (Å²) in [5.74, 6) is -1.04. The molecule has 2 aliphatic rings. The van der Waals surface area contributed by atoms with Crippen LogP contribution in [0, 0.1) is 19.8 Å². The minimum Gasteiger partial charge on any atom is -0.448 e. The molecule has 12 heteroatoms. The first kappa shape index (κ1) is 27.7. The van der Waals surface area contributed by atoms with Crippen molar-refractivity contribution in [3.8, 4) is 11.5 Å². The van der Waals surface area contributed by atoms with Crippen LogP contribution in [0.2, 0.25) is 5.02 Å². The zero-order valence-corrected chi connectivity index (χ0v) is 22.5. The second kappa shape index (κ2) is 10.4. The summed E-state index contributed by atoms with van der Waals surface area (Å²) in [6.45, 7) is 4.91. The number of ether oxygens (including phenoxy) is 2. The number of amides is 1. The molecule has 2 N–H and O–H groups in total. The van der Waals surface area contributed by atoms with Gasteiger partial charge in [0, 0.05) is 46.7 Å². The molecule has 1 unspecified atom stereocenters. The highest BCUT2D eigenvalue weighted by Crippen LogP contribution is 2.51. The van der Waals surface area contributed by atoms with Gasteiger partial charge in [-0.25, -0.2) is 0 Å². The van der Waals surface area contributed by atoms with Gasteiger partial charge in [-0.15, -0.1) is 11.8 Å². The predicted octanol–water partition coefficient (Wildman–Crippen LogP) is 5.06. The number of halogens is 4. The lowest BCUT2D eigenvalue weighted by atomic mass is 9.89. The number of nitrogens with zero attached hydrogens (tertiary/aromatic N) is 1. The summed E-state index contributed by atoms with van der Waals surface area (Å²) in [5, 5.41) is 2.99. The molecule has 1 fully saturated rings. The Morgan fingerprint density at radius 3 is 2.51 bits per heavy atom. The topological polar surface area (TPSA) is 83.7 Å². The van der Waals surface area contributed by atoms with Gasteiger partial charge in [0.05, 0.1) is 11.6 Å². The molecule has 1 amide bonds. The smallest absolute Gasteiger partial charge is 0.401 e. The Hall–Kier alpha value is -2.37. The van der Waals surface area contributed by atoms with Crippen LogP contribution in [0.5, 0.6) is 11.5 Å². The van der Waals surface area contributed by atoms with Crippen molar-refractivity contribution in [2.24, 2.45) is 5.92 Å². The Morgan fingerprint density at radius 1 is 1.24 bits per heavy atom. The number of alkyl halides is 3. The maximum atomic E-state index is 13.1. The van der Waals surface area contributed by atoms with Crippen molar-refractivity contribution in [3.05, 3.63) is 49.9 Å². The number of aryl methyl sites for hydroxylation is 1. The van der Waals surface area contributed by atoms with Crippen LogP contribution < -0.4 is 20.3 Å². The van der Waals surface area contributed by atoms with Gasteiger partial charge in [0.2, 0.25) is 0 Å². The number of rotatable bonds is 6. The molecule has 37 heavy (non-hydrogen) atoms. The predicted molar refractivity (Wildman–Crippen MR) is 136 cm³/mol. The van der Waals surface area contributed by atoms with E-state index in [1.807, 2.05) is 12.3 Å². The van der Waals surface area contributed by atoms with Crippen LogP contribution in [0.3, 0.4) is 0 Å². The van der Waals surface area contributed by atoms with E-state index < -0.39 is 24.4 Å². The molecular weight excluding hydrogens is 531 g/mol. The van der Waals surface area contributed by atoms with Crippen molar-refractivity contribution in [1.29, 1.82) is 0 Å². The summed E-state index contributed by atoms with van der Waals surface area (Å²) < 4.78 is 50.6. The van der Waals surface area contributed by atoms with Crippen molar-refractivity contribution < 1.29 is 27.4 Å². The van der Waals surface area contributed by atoms with Crippen LogP contribution in [0.15, 0.2) is 21.8 Å². The molecule has 1 aromatic carbocycles. The number of carbonyl (C=O) groups excluding carboxylic acids is 1. The lowest BCUT2D eigenvalue weighted by Crippen LogP contribution is -2.49. The summed E-state index contributed by atoms with van der Waals surface area (Å²) in [4.78, 5) is 30.4. The van der Waals surface area contributed by atoms with Gasteiger partial charge in [-0.1, -0.05) is 11.6 Å². The number of fused-ring (bicyclic) bond motifs is 1. The Kier molecular flexibility index (Phi) is 7.79. The summed E-state index contributed by atoms with van der Waals surface area (Å²) in [5.41, 5.74) is 1.74. The van der Waals surface area contributed by atoms with Crippen LogP contribution in [-0.4, -0.2) is 53.6 Å². The zero-order chi connectivity index (χ0) is 27.1. The molecule has 4 rings (SSSR count). The molecule has 0 saturated carbocycles. The molecule has 1 aromatic heterocycles. The second-order valence-electron chi connectivity index (χ2n) is 9.59. The van der Waals surface area contributed by atoms with Crippen molar-refractivity contribution in [1.82, 2.24) is 15.2 Å². The largest absolute Gasteiger partial charge is 0.448 e. The van der Waals surface area contributed by atoms with E-state index in [1.54, 1.807) is 20.8 Å². The minimum absolute atomic E-state index is 0.0321. The monoisotopic (exact) mass is 559 g/mol. The standard InChI is InChI=1S/C25H29ClF3N3O4S/c1-13-9-19(37-4)17(23(34)31-13)11-30-22(33)16-10-18(26)21-20(14(16)2)35-24(3,36-21)15-5-7-32(8-6-15)12-25(27,28)29/h9-10,15H,5-8,11-12H2,1-4H3,(H,30,33)(H,31,34). The number of hydrogen-bond donors (Lipinski definition) is 2. The number of pyridine rings is 1. The molecule has 0 aliphatic carbocycles. The van der Waals surface area contributed by atoms with Crippen molar-refractivity contribution >= 4 is 29.3 Å². The van der Waals surface area contributed by atoms with Crippen LogP contribution in [-0.2, 0) is 6.54 Å². The third kappa shape index (κ3) is 5.88. The molecule has 202 valence electrons. The molecule has 0 spiro atoms. The van der Waals surface area contributed by atoms with Crippen LogP contribution in [0.4, 0.5) is 13.2 Å². The number of aromatic amines is 1. The van der Waals surface area contributed by atoms with E-state index in [0.29, 0.717) is 35.5 Å². The number of thioether (sulfide) groups is 1. The molecule has 7 nitrogen and oxygen atoms in total. The molecule has 1 saturated heterocycles. The number of nitrogens with one attached hydrogen (secondary N) is 2. The Balaban J connectivity index is 1.49. The van der Waals surface area contributed by atoms with Crippen molar-refractivity contribution in [3.63, 3.8) is 0 Å². The fourth-order valence-electron chi connectivity index (χ4n) is 4.92. The number of carbonyl (C=O) groups is 1. The highest BCUT2D eigenvalue weighted by Gasteiger charge is 2.48. The molecule has 2 aliphatic heterocycles. The molecule has 3 heterocycles. The Morgan fingerprint density at radius 2 is 1.89 bits per heavy atom. The van der Waals surface area contributed by atoms with Crippen molar-refractivity contribution in [2.75, 3.05) is 25.9 Å². The first-order chi connectivity index (χ1) is 17.3. The van der Waals surface area contributed by atoms with E-state index in [1.165, 1.54) is 22.7 Å². The van der Waals surface area contributed by atoms with E-state index in [4.69, 9.17) is 21.1 Å². The molecule has 2 aromatic rings. The number of benzene rings is 1. The van der Waals surface area contributed by atoms with E-state index in [9.17, 15) is 22.8 Å². The van der Waals surface area contributed by atoms with Crippen LogP contribution >= 0.6 is 23.4 Å². The molecule has 0 bridgehead atoms. The number of hydrogen-bond acceptors (Lipinski definition) is 6. The van der Waals surface area contributed by atoms with E-state index in [-0.39, 0.29) is 41.7 Å². The fourth-order valence-corrected chi connectivity index (χ4v) is 5.86. The van der Waals surface area contributed by atoms with Crippen LogP contribution in [0.25, 0.3) is 0 Å². The van der Waals surface area contributed by atoms with Gasteiger partial charge in [-0.3, -0.25) is 14.5 Å². The van der Waals surface area contributed by atoms with Gasteiger partial charge < -0.3 is 19.8 Å². The quantitative estimate of drug-likeness (QED) is 0.482. The molecular formula is C25H29ClF3N3O4S. The van der Waals surface area contributed by atoms with Crippen LogP contribution in [0.1, 0.15) is 46.9 Å². The number of piperidine rings is 1. The van der Waals surface area contributed by atoms with Gasteiger partial charge in [-0.05, 0) is 58.2 Å². The zero-order valence-electron chi connectivity index (χ0n) is 21.0.